The Bertz CT molecular complexity index is 1130. The Labute approximate surface area is 181 Å². The van der Waals surface area contributed by atoms with Gasteiger partial charge in [0.15, 0.2) is 0 Å². The Balaban J connectivity index is 1.88. The van der Waals surface area contributed by atoms with Crippen LogP contribution in [0.1, 0.15) is 26.3 Å². The van der Waals surface area contributed by atoms with E-state index in [9.17, 15) is 14.4 Å². The molecule has 7 heteroatoms. The molecule has 30 heavy (non-hydrogen) atoms. The molecule has 3 aromatic rings. The van der Waals surface area contributed by atoms with Gasteiger partial charge in [-0.2, -0.15) is 0 Å². The number of carbonyl (C=O) groups excluding carboxylic acids is 2. The molecule has 0 fully saturated rings. The molecular weight excluding hydrogens is 448 g/mol. The van der Waals surface area contributed by atoms with Crippen molar-refractivity contribution in [2.24, 2.45) is 0 Å². The van der Waals surface area contributed by atoms with Crippen LogP contribution in [0.4, 0.5) is 5.69 Å². The summed E-state index contributed by atoms with van der Waals surface area (Å²) < 4.78 is 0.735. The fraction of sp³-hybridized carbons (Fsp3) is 0. The maximum atomic E-state index is 12.9. The third kappa shape index (κ3) is 5.65. The summed E-state index contributed by atoms with van der Waals surface area (Å²) in [6, 6.07) is 21.7. The highest BCUT2D eigenvalue weighted by Crippen LogP contribution is 2.15. The summed E-state index contributed by atoms with van der Waals surface area (Å²) in [5.74, 6) is -2.13. The lowest BCUT2D eigenvalue weighted by Gasteiger charge is -2.12. The Kier molecular flexibility index (Phi) is 6.77. The van der Waals surface area contributed by atoms with E-state index in [0.29, 0.717) is 11.3 Å². The summed E-state index contributed by atoms with van der Waals surface area (Å²) in [6.45, 7) is 0. The second-order valence-electron chi connectivity index (χ2n) is 6.27. The van der Waals surface area contributed by atoms with Crippen LogP contribution in [0.25, 0.3) is 6.08 Å². The number of rotatable bonds is 6. The van der Waals surface area contributed by atoms with Crippen LogP contribution in [-0.4, -0.2) is 22.9 Å². The van der Waals surface area contributed by atoms with Gasteiger partial charge in [-0.3, -0.25) is 9.59 Å². The van der Waals surface area contributed by atoms with Crippen molar-refractivity contribution in [2.75, 3.05) is 5.32 Å². The molecule has 150 valence electrons. The number of carbonyl (C=O) groups is 3. The molecule has 0 aliphatic heterocycles. The Morgan fingerprint density at radius 1 is 0.833 bits per heavy atom. The van der Waals surface area contributed by atoms with Gasteiger partial charge in [0.25, 0.3) is 11.8 Å². The van der Waals surface area contributed by atoms with Gasteiger partial charge in [-0.25, -0.2) is 4.79 Å². The molecule has 3 N–H and O–H groups in total. The first-order valence-electron chi connectivity index (χ1n) is 8.91. The van der Waals surface area contributed by atoms with Gasteiger partial charge in [0, 0.05) is 15.7 Å². The van der Waals surface area contributed by atoms with Crippen LogP contribution in [-0.2, 0) is 4.79 Å². The number of anilines is 1. The van der Waals surface area contributed by atoms with Gasteiger partial charge in [-0.15, -0.1) is 0 Å². The molecule has 0 spiro atoms. The van der Waals surface area contributed by atoms with E-state index in [1.165, 1.54) is 18.2 Å². The molecule has 0 atom stereocenters. The minimum absolute atomic E-state index is 0.0203. The van der Waals surface area contributed by atoms with Gasteiger partial charge in [0.1, 0.15) is 5.70 Å². The molecule has 0 saturated carbocycles. The molecule has 3 aromatic carbocycles. The van der Waals surface area contributed by atoms with Gasteiger partial charge >= 0.3 is 5.97 Å². The lowest BCUT2D eigenvalue weighted by molar-refractivity contribution is -0.113. The number of halogens is 1. The number of benzene rings is 3. The molecule has 0 saturated heterocycles. The maximum Gasteiger partial charge on any atom is 0.335 e. The van der Waals surface area contributed by atoms with Crippen molar-refractivity contribution < 1.29 is 19.5 Å². The summed E-state index contributed by atoms with van der Waals surface area (Å²) in [5.41, 5.74) is 1.46. The van der Waals surface area contributed by atoms with E-state index >= 15 is 0 Å². The molecule has 3 rings (SSSR count). The molecule has 0 heterocycles. The zero-order chi connectivity index (χ0) is 21.5. The average molecular weight is 465 g/mol. The summed E-state index contributed by atoms with van der Waals surface area (Å²) in [4.78, 5) is 36.7. The van der Waals surface area contributed by atoms with Crippen molar-refractivity contribution in [3.63, 3.8) is 0 Å². The van der Waals surface area contributed by atoms with E-state index in [0.717, 1.165) is 10.0 Å². The number of aromatic carboxylic acids is 1. The number of carboxylic acid groups (broad SMARTS) is 1. The fourth-order valence-electron chi connectivity index (χ4n) is 2.63. The second kappa shape index (κ2) is 9.67. The minimum Gasteiger partial charge on any atom is -0.478 e. The number of amides is 2. The molecule has 2 amide bonds. The van der Waals surface area contributed by atoms with Gasteiger partial charge in [0.2, 0.25) is 0 Å². The topological polar surface area (TPSA) is 95.5 Å². The van der Waals surface area contributed by atoms with E-state index in [1.54, 1.807) is 48.5 Å². The van der Waals surface area contributed by atoms with Crippen molar-refractivity contribution in [3.8, 4) is 0 Å². The van der Waals surface area contributed by atoms with Crippen LogP contribution in [0.15, 0.2) is 89.0 Å². The molecule has 0 radical (unpaired) electrons. The maximum absolute atomic E-state index is 12.9. The number of nitrogens with one attached hydrogen (secondary N) is 2. The third-order valence-electron chi connectivity index (χ3n) is 4.06. The molecule has 0 aliphatic carbocycles. The summed E-state index contributed by atoms with van der Waals surface area (Å²) >= 11 is 3.32. The number of hydrogen-bond acceptors (Lipinski definition) is 3. The van der Waals surface area contributed by atoms with E-state index < -0.39 is 17.8 Å². The van der Waals surface area contributed by atoms with E-state index in [-0.39, 0.29) is 11.3 Å². The Morgan fingerprint density at radius 2 is 1.53 bits per heavy atom. The van der Waals surface area contributed by atoms with Crippen molar-refractivity contribution in [3.05, 3.63) is 106 Å². The highest BCUT2D eigenvalue weighted by Gasteiger charge is 2.16. The van der Waals surface area contributed by atoms with Gasteiger partial charge in [0.05, 0.1) is 5.56 Å². The quantitative estimate of drug-likeness (QED) is 0.466. The van der Waals surface area contributed by atoms with Crippen LogP contribution in [0.2, 0.25) is 0 Å². The zero-order valence-corrected chi connectivity index (χ0v) is 17.2. The van der Waals surface area contributed by atoms with Crippen LogP contribution >= 0.6 is 15.9 Å². The molecular formula is C23H17BrN2O4. The van der Waals surface area contributed by atoms with E-state index in [1.807, 2.05) is 18.2 Å². The molecule has 0 unspecified atom stereocenters. The standard InChI is InChI=1S/C23H17BrN2O4/c24-18-10-4-8-16(13-18)21(27)26-20(12-15-6-2-1-3-7-15)22(28)25-19-11-5-9-17(14-19)23(29)30/h1-14H,(H,25,28)(H,26,27)(H,29,30)/b20-12+. The highest BCUT2D eigenvalue weighted by molar-refractivity contribution is 9.10. The largest absolute Gasteiger partial charge is 0.478 e. The predicted molar refractivity (Wildman–Crippen MR) is 118 cm³/mol. The SMILES string of the molecule is O=C(Nc1cccc(C(=O)O)c1)/C(=C\c1ccccc1)NC(=O)c1cccc(Br)c1. The normalized spacial score (nSPS) is 10.9. The first-order chi connectivity index (χ1) is 14.4. The van der Waals surface area contributed by atoms with Gasteiger partial charge < -0.3 is 15.7 Å². The third-order valence-corrected chi connectivity index (χ3v) is 4.55. The van der Waals surface area contributed by atoms with Crippen molar-refractivity contribution in [1.82, 2.24) is 5.32 Å². The summed E-state index contributed by atoms with van der Waals surface area (Å²) in [5, 5.41) is 14.4. The second-order valence-corrected chi connectivity index (χ2v) is 7.19. The lowest BCUT2D eigenvalue weighted by atomic mass is 10.1. The molecule has 0 bridgehead atoms. The first-order valence-corrected chi connectivity index (χ1v) is 9.70. The van der Waals surface area contributed by atoms with Crippen LogP contribution in [0, 0.1) is 0 Å². The summed E-state index contributed by atoms with van der Waals surface area (Å²) in [7, 11) is 0. The Hall–Kier alpha value is -3.71. The first kappa shape index (κ1) is 21.0. The van der Waals surface area contributed by atoms with E-state index in [2.05, 4.69) is 26.6 Å². The lowest BCUT2D eigenvalue weighted by Crippen LogP contribution is -2.30. The highest BCUT2D eigenvalue weighted by atomic mass is 79.9. The molecule has 0 aromatic heterocycles. The smallest absolute Gasteiger partial charge is 0.335 e. The van der Waals surface area contributed by atoms with Crippen molar-refractivity contribution in [1.29, 1.82) is 0 Å². The average Bonchev–Trinajstić information content (AvgIpc) is 2.74. The fourth-order valence-corrected chi connectivity index (χ4v) is 3.03. The minimum atomic E-state index is -1.10. The van der Waals surface area contributed by atoms with Gasteiger partial charge in [-0.1, -0.05) is 58.4 Å². The monoisotopic (exact) mass is 464 g/mol. The van der Waals surface area contributed by atoms with Crippen LogP contribution in [0.3, 0.4) is 0 Å². The predicted octanol–water partition coefficient (Wildman–Crippen LogP) is 4.56. The number of hydrogen-bond donors (Lipinski definition) is 3. The number of carboxylic acids is 1. The van der Waals surface area contributed by atoms with E-state index in [4.69, 9.17) is 5.11 Å². The van der Waals surface area contributed by atoms with Crippen molar-refractivity contribution >= 4 is 45.5 Å². The molecule has 0 aliphatic rings. The molecule has 6 nitrogen and oxygen atoms in total. The van der Waals surface area contributed by atoms with Crippen LogP contribution in [0.5, 0.6) is 0 Å². The zero-order valence-electron chi connectivity index (χ0n) is 15.6. The van der Waals surface area contributed by atoms with Crippen LogP contribution < -0.4 is 10.6 Å². The van der Waals surface area contributed by atoms with Crippen molar-refractivity contribution in [2.45, 2.75) is 0 Å². The summed E-state index contributed by atoms with van der Waals surface area (Å²) in [6.07, 6.45) is 1.55. The van der Waals surface area contributed by atoms with Gasteiger partial charge in [-0.05, 0) is 48.0 Å². The Morgan fingerprint density at radius 3 is 2.23 bits per heavy atom.